The molecule has 1 aliphatic rings. The molecule has 2 N–H and O–H groups in total. The fraction of sp³-hybridized carbons (Fsp3) is 1.00. The lowest BCUT2D eigenvalue weighted by molar-refractivity contribution is 0.331. The Balaban J connectivity index is 2.63. The maximum atomic E-state index is 12.4. The molecule has 0 bridgehead atoms. The summed E-state index contributed by atoms with van der Waals surface area (Å²) in [7, 11) is -1.65. The van der Waals surface area contributed by atoms with Gasteiger partial charge in [-0.25, -0.2) is 0 Å². The van der Waals surface area contributed by atoms with Crippen LogP contribution in [0.4, 0.5) is 0 Å². The molecule has 0 amide bonds. The van der Waals surface area contributed by atoms with Gasteiger partial charge < -0.3 is 5.73 Å². The monoisotopic (exact) mass is 291 g/mol. The molecule has 6 heteroatoms. The minimum atomic E-state index is -3.30. The molecule has 114 valence electrons. The van der Waals surface area contributed by atoms with Crippen molar-refractivity contribution in [2.24, 2.45) is 17.6 Å². The van der Waals surface area contributed by atoms with Crippen molar-refractivity contribution >= 4 is 10.2 Å². The van der Waals surface area contributed by atoms with Crippen molar-refractivity contribution in [3.8, 4) is 0 Å². The van der Waals surface area contributed by atoms with Gasteiger partial charge in [0.15, 0.2) is 0 Å². The standard InChI is InChI=1S/C13H29N3O2S/c1-12(2)13-6-4-10-16(11-7-13)19(17,18)15(3)9-5-8-14/h12-13H,4-11,14H2,1-3H3. The van der Waals surface area contributed by atoms with E-state index in [9.17, 15) is 8.42 Å². The zero-order valence-electron chi connectivity index (χ0n) is 12.5. The summed E-state index contributed by atoms with van der Waals surface area (Å²) in [6.45, 7) is 6.78. The first-order chi connectivity index (χ1) is 8.89. The van der Waals surface area contributed by atoms with E-state index in [0.29, 0.717) is 44.4 Å². The van der Waals surface area contributed by atoms with Gasteiger partial charge in [-0.1, -0.05) is 13.8 Å². The smallest absolute Gasteiger partial charge is 0.281 e. The highest BCUT2D eigenvalue weighted by atomic mass is 32.2. The summed E-state index contributed by atoms with van der Waals surface area (Å²) in [5.41, 5.74) is 5.44. The highest BCUT2D eigenvalue weighted by Crippen LogP contribution is 2.26. The summed E-state index contributed by atoms with van der Waals surface area (Å²) in [6.07, 6.45) is 3.78. The molecule has 0 aliphatic carbocycles. The van der Waals surface area contributed by atoms with Gasteiger partial charge in [-0.2, -0.15) is 17.0 Å². The van der Waals surface area contributed by atoms with Crippen LogP contribution in [0.15, 0.2) is 0 Å². The third-order valence-electron chi connectivity index (χ3n) is 4.07. The quantitative estimate of drug-likeness (QED) is 0.801. The second kappa shape index (κ2) is 7.57. The zero-order chi connectivity index (χ0) is 14.5. The van der Waals surface area contributed by atoms with E-state index in [4.69, 9.17) is 5.73 Å². The summed E-state index contributed by atoms with van der Waals surface area (Å²) in [4.78, 5) is 0. The summed E-state index contributed by atoms with van der Waals surface area (Å²) in [5, 5.41) is 0. The molecule has 1 unspecified atom stereocenters. The largest absolute Gasteiger partial charge is 0.330 e. The van der Waals surface area contributed by atoms with Crippen LogP contribution < -0.4 is 5.73 Å². The molecule has 19 heavy (non-hydrogen) atoms. The fourth-order valence-electron chi connectivity index (χ4n) is 2.62. The molecule has 5 nitrogen and oxygen atoms in total. The molecule has 1 fully saturated rings. The third kappa shape index (κ3) is 4.70. The molecule has 1 atom stereocenters. The lowest BCUT2D eigenvalue weighted by atomic mass is 9.89. The Bertz CT molecular complexity index is 357. The van der Waals surface area contributed by atoms with Crippen molar-refractivity contribution in [1.82, 2.24) is 8.61 Å². The summed E-state index contributed by atoms with van der Waals surface area (Å²) >= 11 is 0. The topological polar surface area (TPSA) is 66.6 Å². The van der Waals surface area contributed by atoms with Crippen LogP contribution in [-0.4, -0.2) is 50.3 Å². The Kier molecular flexibility index (Phi) is 6.73. The minimum Gasteiger partial charge on any atom is -0.330 e. The Hall–Kier alpha value is -0.170. The minimum absolute atomic E-state index is 0.503. The SMILES string of the molecule is CC(C)C1CCCN(S(=O)(=O)N(C)CCCN)CC1. The molecular formula is C13H29N3O2S. The van der Waals surface area contributed by atoms with Crippen molar-refractivity contribution in [2.75, 3.05) is 33.2 Å². The van der Waals surface area contributed by atoms with Crippen molar-refractivity contribution in [2.45, 2.75) is 39.5 Å². The molecule has 0 aromatic carbocycles. The summed E-state index contributed by atoms with van der Waals surface area (Å²) < 4.78 is 27.9. The molecule has 1 rings (SSSR count). The number of rotatable bonds is 6. The maximum absolute atomic E-state index is 12.4. The summed E-state index contributed by atoms with van der Waals surface area (Å²) in [5.74, 6) is 1.28. The van der Waals surface area contributed by atoms with Crippen LogP contribution in [-0.2, 0) is 10.2 Å². The predicted molar refractivity (Wildman–Crippen MR) is 79.0 cm³/mol. The first-order valence-corrected chi connectivity index (χ1v) is 8.70. The van der Waals surface area contributed by atoms with Gasteiger partial charge in [0.05, 0.1) is 0 Å². The van der Waals surface area contributed by atoms with Gasteiger partial charge in [-0.3, -0.25) is 0 Å². The van der Waals surface area contributed by atoms with Gasteiger partial charge in [-0.05, 0) is 44.1 Å². The zero-order valence-corrected chi connectivity index (χ0v) is 13.3. The first kappa shape index (κ1) is 16.9. The van der Waals surface area contributed by atoms with Crippen LogP contribution in [0, 0.1) is 11.8 Å². The molecule has 0 saturated carbocycles. The number of hydrogen-bond donors (Lipinski definition) is 1. The average molecular weight is 291 g/mol. The maximum Gasteiger partial charge on any atom is 0.281 e. The van der Waals surface area contributed by atoms with Crippen LogP contribution >= 0.6 is 0 Å². The van der Waals surface area contributed by atoms with E-state index in [-0.39, 0.29) is 0 Å². The van der Waals surface area contributed by atoms with Gasteiger partial charge in [0.2, 0.25) is 0 Å². The van der Waals surface area contributed by atoms with E-state index in [1.54, 1.807) is 11.4 Å². The van der Waals surface area contributed by atoms with Gasteiger partial charge in [0, 0.05) is 26.7 Å². The second-order valence-corrected chi connectivity index (χ2v) is 7.84. The van der Waals surface area contributed by atoms with Crippen molar-refractivity contribution < 1.29 is 8.42 Å². The van der Waals surface area contributed by atoms with E-state index in [1.165, 1.54) is 4.31 Å². The second-order valence-electron chi connectivity index (χ2n) is 5.81. The lowest BCUT2D eigenvalue weighted by Crippen LogP contribution is -2.43. The molecule has 0 aromatic rings. The number of hydrogen-bond acceptors (Lipinski definition) is 3. The van der Waals surface area contributed by atoms with E-state index >= 15 is 0 Å². The molecule has 0 spiro atoms. The molecule has 1 saturated heterocycles. The highest BCUT2D eigenvalue weighted by Gasteiger charge is 2.29. The van der Waals surface area contributed by atoms with Crippen LogP contribution in [0.25, 0.3) is 0 Å². The summed E-state index contributed by atoms with van der Waals surface area (Å²) in [6, 6.07) is 0. The van der Waals surface area contributed by atoms with Crippen LogP contribution in [0.5, 0.6) is 0 Å². The van der Waals surface area contributed by atoms with Crippen LogP contribution in [0.3, 0.4) is 0 Å². The van der Waals surface area contributed by atoms with Gasteiger partial charge >= 0.3 is 0 Å². The highest BCUT2D eigenvalue weighted by molar-refractivity contribution is 7.86. The van der Waals surface area contributed by atoms with Crippen LogP contribution in [0.1, 0.15) is 39.5 Å². The Morgan fingerprint density at radius 1 is 1.32 bits per heavy atom. The van der Waals surface area contributed by atoms with E-state index in [1.807, 2.05) is 0 Å². The Morgan fingerprint density at radius 3 is 2.58 bits per heavy atom. The Labute approximate surface area is 118 Å². The van der Waals surface area contributed by atoms with Crippen molar-refractivity contribution in [3.63, 3.8) is 0 Å². The van der Waals surface area contributed by atoms with Crippen LogP contribution in [0.2, 0.25) is 0 Å². The molecule has 1 heterocycles. The van der Waals surface area contributed by atoms with E-state index < -0.39 is 10.2 Å². The fourth-order valence-corrected chi connectivity index (χ4v) is 4.07. The average Bonchev–Trinajstić information content (AvgIpc) is 2.61. The van der Waals surface area contributed by atoms with Gasteiger partial charge in [-0.15, -0.1) is 0 Å². The molecule has 1 aliphatic heterocycles. The van der Waals surface area contributed by atoms with Crippen molar-refractivity contribution in [1.29, 1.82) is 0 Å². The molecule has 0 radical (unpaired) electrons. The Morgan fingerprint density at radius 2 is 2.00 bits per heavy atom. The predicted octanol–water partition coefficient (Wildman–Crippen LogP) is 1.27. The normalized spacial score (nSPS) is 22.9. The number of nitrogens with two attached hydrogens (primary N) is 1. The van der Waals surface area contributed by atoms with E-state index in [2.05, 4.69) is 13.8 Å². The van der Waals surface area contributed by atoms with Gasteiger partial charge in [0.25, 0.3) is 10.2 Å². The third-order valence-corrected chi connectivity index (χ3v) is 6.06. The number of nitrogens with zero attached hydrogens (tertiary/aromatic N) is 2. The molecule has 0 aromatic heterocycles. The lowest BCUT2D eigenvalue weighted by Gasteiger charge is -2.26. The molecular weight excluding hydrogens is 262 g/mol. The van der Waals surface area contributed by atoms with Gasteiger partial charge in [0.1, 0.15) is 0 Å². The first-order valence-electron chi connectivity index (χ1n) is 7.31. The van der Waals surface area contributed by atoms with Crippen molar-refractivity contribution in [3.05, 3.63) is 0 Å². The van der Waals surface area contributed by atoms with E-state index in [0.717, 1.165) is 19.3 Å².